The van der Waals surface area contributed by atoms with Crippen LogP contribution in [0.15, 0.2) is 43.0 Å². The fourth-order valence-corrected chi connectivity index (χ4v) is 1.96. The molecule has 5 heteroatoms. The number of likely N-dealkylation sites (N-methyl/N-ethyl adjacent to an activating group) is 1. The Kier molecular flexibility index (Phi) is 4.76. The minimum absolute atomic E-state index is 0.00281. The highest BCUT2D eigenvalue weighted by Crippen LogP contribution is 2.16. The van der Waals surface area contributed by atoms with Crippen molar-refractivity contribution in [2.75, 3.05) is 19.7 Å². The molecule has 20 heavy (non-hydrogen) atoms. The molecular weight excluding hydrogens is 254 g/mol. The molecule has 0 saturated carbocycles. The maximum absolute atomic E-state index is 11.9. The van der Waals surface area contributed by atoms with E-state index in [1.807, 2.05) is 48.9 Å². The fourth-order valence-electron chi connectivity index (χ4n) is 1.96. The van der Waals surface area contributed by atoms with Gasteiger partial charge < -0.3 is 14.2 Å². The van der Waals surface area contributed by atoms with E-state index in [4.69, 9.17) is 4.74 Å². The largest absolute Gasteiger partial charge is 0.484 e. The quantitative estimate of drug-likeness (QED) is 0.810. The van der Waals surface area contributed by atoms with Gasteiger partial charge in [0.05, 0.1) is 12.0 Å². The molecule has 0 aliphatic rings. The van der Waals surface area contributed by atoms with Gasteiger partial charge in [0.1, 0.15) is 5.75 Å². The van der Waals surface area contributed by atoms with Crippen LogP contribution in [0, 0.1) is 0 Å². The first-order valence-corrected chi connectivity index (χ1v) is 6.73. The predicted octanol–water partition coefficient (Wildman–Crippen LogP) is 2.12. The molecule has 1 aromatic heterocycles. The fraction of sp³-hybridized carbons (Fsp3) is 0.333. The zero-order chi connectivity index (χ0) is 14.4. The average molecular weight is 273 g/mol. The number of hydrogen-bond acceptors (Lipinski definition) is 3. The van der Waals surface area contributed by atoms with Crippen LogP contribution in [0.3, 0.4) is 0 Å². The van der Waals surface area contributed by atoms with Gasteiger partial charge in [0.2, 0.25) is 0 Å². The van der Waals surface area contributed by atoms with E-state index in [1.54, 1.807) is 17.4 Å². The van der Waals surface area contributed by atoms with Gasteiger partial charge in [0, 0.05) is 31.5 Å². The Morgan fingerprint density at radius 2 is 2.15 bits per heavy atom. The molecule has 2 rings (SSSR count). The van der Waals surface area contributed by atoms with Gasteiger partial charge in [-0.25, -0.2) is 4.98 Å². The number of amides is 1. The Morgan fingerprint density at radius 1 is 1.35 bits per heavy atom. The summed E-state index contributed by atoms with van der Waals surface area (Å²) in [7, 11) is 0. The van der Waals surface area contributed by atoms with E-state index in [0.29, 0.717) is 18.8 Å². The van der Waals surface area contributed by atoms with Crippen LogP contribution in [-0.4, -0.2) is 40.1 Å². The third kappa shape index (κ3) is 3.38. The van der Waals surface area contributed by atoms with Gasteiger partial charge in [0.15, 0.2) is 6.61 Å². The first kappa shape index (κ1) is 14.1. The molecule has 0 saturated heterocycles. The molecule has 0 N–H and O–H groups in total. The lowest BCUT2D eigenvalue weighted by atomic mass is 10.3. The maximum atomic E-state index is 11.9. The van der Waals surface area contributed by atoms with E-state index in [-0.39, 0.29) is 12.5 Å². The van der Waals surface area contributed by atoms with E-state index in [9.17, 15) is 4.79 Å². The average Bonchev–Trinajstić information content (AvgIpc) is 3.01. The Morgan fingerprint density at radius 3 is 2.80 bits per heavy atom. The normalized spacial score (nSPS) is 10.3. The molecule has 0 spiro atoms. The highest BCUT2D eigenvalue weighted by atomic mass is 16.5. The second-order valence-electron chi connectivity index (χ2n) is 4.32. The SMILES string of the molecule is CCN(CC)C(=O)COc1cccc(-n2ccnc2)c1. The molecular formula is C15H19N3O2. The number of hydrogen-bond donors (Lipinski definition) is 0. The van der Waals surface area contributed by atoms with Crippen LogP contribution >= 0.6 is 0 Å². The molecule has 5 nitrogen and oxygen atoms in total. The second-order valence-corrected chi connectivity index (χ2v) is 4.32. The summed E-state index contributed by atoms with van der Waals surface area (Å²) in [4.78, 5) is 17.6. The Bertz CT molecular complexity index is 548. The van der Waals surface area contributed by atoms with Crippen LogP contribution < -0.4 is 4.74 Å². The van der Waals surface area contributed by atoms with Crippen LogP contribution in [-0.2, 0) is 4.79 Å². The van der Waals surface area contributed by atoms with Crippen molar-refractivity contribution < 1.29 is 9.53 Å². The second kappa shape index (κ2) is 6.75. The van der Waals surface area contributed by atoms with Crippen LogP contribution in [0.4, 0.5) is 0 Å². The van der Waals surface area contributed by atoms with E-state index in [2.05, 4.69) is 4.98 Å². The lowest BCUT2D eigenvalue weighted by molar-refractivity contribution is -0.132. The van der Waals surface area contributed by atoms with Gasteiger partial charge >= 0.3 is 0 Å². The summed E-state index contributed by atoms with van der Waals surface area (Å²) in [6.07, 6.45) is 5.30. The molecule has 0 bridgehead atoms. The topological polar surface area (TPSA) is 47.4 Å². The van der Waals surface area contributed by atoms with Crippen molar-refractivity contribution >= 4 is 5.91 Å². The lowest BCUT2D eigenvalue weighted by Gasteiger charge is -2.18. The van der Waals surface area contributed by atoms with E-state index >= 15 is 0 Å². The Balaban J connectivity index is 2.00. The molecule has 1 amide bonds. The number of nitrogens with zero attached hydrogens (tertiary/aromatic N) is 3. The lowest BCUT2D eigenvalue weighted by Crippen LogP contribution is -2.34. The summed E-state index contributed by atoms with van der Waals surface area (Å²) in [5.74, 6) is 0.680. The minimum atomic E-state index is 0.00281. The third-order valence-corrected chi connectivity index (χ3v) is 3.10. The highest BCUT2D eigenvalue weighted by molar-refractivity contribution is 5.77. The zero-order valence-corrected chi connectivity index (χ0v) is 11.8. The first-order chi connectivity index (χ1) is 9.74. The van der Waals surface area contributed by atoms with Gasteiger partial charge in [-0.2, -0.15) is 0 Å². The van der Waals surface area contributed by atoms with E-state index in [0.717, 1.165) is 5.69 Å². The highest BCUT2D eigenvalue weighted by Gasteiger charge is 2.10. The van der Waals surface area contributed by atoms with Gasteiger partial charge in [-0.15, -0.1) is 0 Å². The Hall–Kier alpha value is -2.30. The number of benzene rings is 1. The van der Waals surface area contributed by atoms with Crippen molar-refractivity contribution in [3.05, 3.63) is 43.0 Å². The summed E-state index contributed by atoms with van der Waals surface area (Å²) in [5, 5.41) is 0. The molecule has 1 aromatic carbocycles. The molecule has 2 aromatic rings. The van der Waals surface area contributed by atoms with Crippen molar-refractivity contribution in [1.29, 1.82) is 0 Å². The van der Waals surface area contributed by atoms with Crippen molar-refractivity contribution in [2.24, 2.45) is 0 Å². The molecule has 0 unspecified atom stereocenters. The molecule has 106 valence electrons. The number of carbonyl (C=O) groups excluding carboxylic acids is 1. The van der Waals surface area contributed by atoms with E-state index < -0.39 is 0 Å². The molecule has 0 aliphatic heterocycles. The van der Waals surface area contributed by atoms with Crippen LogP contribution in [0.5, 0.6) is 5.75 Å². The summed E-state index contributed by atoms with van der Waals surface area (Å²) in [6.45, 7) is 5.39. The van der Waals surface area contributed by atoms with Gasteiger partial charge in [0.25, 0.3) is 5.91 Å². The van der Waals surface area contributed by atoms with Crippen LogP contribution in [0.1, 0.15) is 13.8 Å². The smallest absolute Gasteiger partial charge is 0.260 e. The molecule has 1 heterocycles. The number of carbonyl (C=O) groups is 1. The van der Waals surface area contributed by atoms with Crippen molar-refractivity contribution in [3.8, 4) is 11.4 Å². The number of rotatable bonds is 6. The molecule has 0 atom stereocenters. The van der Waals surface area contributed by atoms with Crippen molar-refractivity contribution in [2.45, 2.75) is 13.8 Å². The third-order valence-electron chi connectivity index (χ3n) is 3.10. The standard InChI is InChI=1S/C15H19N3O2/c1-3-17(4-2)15(19)11-20-14-7-5-6-13(10-14)18-9-8-16-12-18/h5-10,12H,3-4,11H2,1-2H3. The van der Waals surface area contributed by atoms with Crippen LogP contribution in [0.25, 0.3) is 5.69 Å². The van der Waals surface area contributed by atoms with Crippen molar-refractivity contribution in [3.63, 3.8) is 0 Å². The Labute approximate surface area is 118 Å². The van der Waals surface area contributed by atoms with Gasteiger partial charge in [-0.1, -0.05) is 6.07 Å². The van der Waals surface area contributed by atoms with E-state index in [1.165, 1.54) is 0 Å². The molecule has 0 aliphatic carbocycles. The number of imidazole rings is 1. The monoisotopic (exact) mass is 273 g/mol. The predicted molar refractivity (Wildman–Crippen MR) is 77.0 cm³/mol. The van der Waals surface area contributed by atoms with Crippen LogP contribution in [0.2, 0.25) is 0 Å². The molecule has 0 radical (unpaired) electrons. The first-order valence-electron chi connectivity index (χ1n) is 6.73. The maximum Gasteiger partial charge on any atom is 0.260 e. The van der Waals surface area contributed by atoms with Gasteiger partial charge in [-0.3, -0.25) is 4.79 Å². The number of aromatic nitrogens is 2. The van der Waals surface area contributed by atoms with Crippen molar-refractivity contribution in [1.82, 2.24) is 14.5 Å². The van der Waals surface area contributed by atoms with Gasteiger partial charge in [-0.05, 0) is 26.0 Å². The summed E-state index contributed by atoms with van der Waals surface area (Å²) in [5.41, 5.74) is 0.954. The summed E-state index contributed by atoms with van der Waals surface area (Å²) in [6, 6.07) is 7.58. The molecule has 0 fully saturated rings. The number of ether oxygens (including phenoxy) is 1. The summed E-state index contributed by atoms with van der Waals surface area (Å²) < 4.78 is 7.45. The minimum Gasteiger partial charge on any atom is -0.484 e. The zero-order valence-electron chi connectivity index (χ0n) is 11.8. The summed E-state index contributed by atoms with van der Waals surface area (Å²) >= 11 is 0.